The summed E-state index contributed by atoms with van der Waals surface area (Å²) < 4.78 is 38.8. The zero-order chi connectivity index (χ0) is 15.7. The second kappa shape index (κ2) is 7.57. The fourth-order valence-electron chi connectivity index (χ4n) is 2.77. The molecule has 0 saturated carbocycles. The van der Waals surface area contributed by atoms with Crippen LogP contribution in [0.4, 0.5) is 0 Å². The molecule has 1 saturated heterocycles. The van der Waals surface area contributed by atoms with Gasteiger partial charge in [-0.2, -0.15) is 4.31 Å². The number of nitrogens with one attached hydrogen (secondary N) is 1. The van der Waals surface area contributed by atoms with Crippen LogP contribution in [0.15, 0.2) is 21.5 Å². The van der Waals surface area contributed by atoms with Gasteiger partial charge in [-0.1, -0.05) is 0 Å². The Morgan fingerprint density at radius 2 is 1.74 bits per heavy atom. The van der Waals surface area contributed by atoms with Gasteiger partial charge in [0.1, 0.15) is 18.1 Å². The molecule has 2 aliphatic rings. The first kappa shape index (κ1) is 18.8. The van der Waals surface area contributed by atoms with Crippen LogP contribution in [0.3, 0.4) is 0 Å². The molecular weight excluding hydrogens is 408 g/mol. The van der Waals surface area contributed by atoms with Crippen LogP contribution < -0.4 is 14.8 Å². The number of piperidine rings is 1. The summed E-state index contributed by atoms with van der Waals surface area (Å²) in [5, 5.41) is 3.20. The van der Waals surface area contributed by atoms with E-state index in [1.807, 2.05) is 7.05 Å². The van der Waals surface area contributed by atoms with Crippen molar-refractivity contribution < 1.29 is 17.9 Å². The van der Waals surface area contributed by atoms with E-state index in [9.17, 15) is 8.42 Å². The van der Waals surface area contributed by atoms with Crippen molar-refractivity contribution in [2.75, 3.05) is 33.4 Å². The standard InChI is InChI=1S/C14H19BrN2O4S.ClH/c1-16-10-2-4-17(5-3-10)22(18,19)14-9-13-12(8-11(14)15)20-6-7-21-13;/h8-10,16H,2-7H2,1H3;1H. The highest BCUT2D eigenvalue weighted by molar-refractivity contribution is 9.10. The van der Waals surface area contributed by atoms with E-state index in [0.717, 1.165) is 12.8 Å². The topological polar surface area (TPSA) is 67.9 Å². The lowest BCUT2D eigenvalue weighted by Crippen LogP contribution is -2.43. The van der Waals surface area contributed by atoms with E-state index in [2.05, 4.69) is 21.2 Å². The van der Waals surface area contributed by atoms with E-state index < -0.39 is 10.0 Å². The molecule has 1 fully saturated rings. The lowest BCUT2D eigenvalue weighted by Gasteiger charge is -2.31. The molecule has 0 aliphatic carbocycles. The molecule has 0 atom stereocenters. The lowest BCUT2D eigenvalue weighted by atomic mass is 10.1. The SMILES string of the molecule is CNC1CCN(S(=O)(=O)c2cc3c(cc2Br)OCCO3)CC1.Cl. The largest absolute Gasteiger partial charge is 0.486 e. The van der Waals surface area contributed by atoms with Gasteiger partial charge >= 0.3 is 0 Å². The van der Waals surface area contributed by atoms with Crippen LogP contribution >= 0.6 is 28.3 Å². The Hall–Kier alpha value is -0.540. The highest BCUT2D eigenvalue weighted by Crippen LogP contribution is 2.38. The second-order valence-electron chi connectivity index (χ2n) is 5.39. The Kier molecular flexibility index (Phi) is 6.18. The molecule has 23 heavy (non-hydrogen) atoms. The summed E-state index contributed by atoms with van der Waals surface area (Å²) in [5.74, 6) is 1.06. The first-order valence-electron chi connectivity index (χ1n) is 7.29. The summed E-state index contributed by atoms with van der Waals surface area (Å²) in [6.07, 6.45) is 1.63. The number of ether oxygens (including phenoxy) is 2. The van der Waals surface area contributed by atoms with Crippen LogP contribution in [-0.2, 0) is 10.0 Å². The summed E-state index contributed by atoms with van der Waals surface area (Å²) in [5.41, 5.74) is 0. The first-order chi connectivity index (χ1) is 10.5. The molecule has 130 valence electrons. The quantitative estimate of drug-likeness (QED) is 0.799. The third kappa shape index (κ3) is 3.76. The number of hydrogen-bond acceptors (Lipinski definition) is 5. The summed E-state index contributed by atoms with van der Waals surface area (Å²) >= 11 is 3.35. The van der Waals surface area contributed by atoms with Crippen molar-refractivity contribution in [3.05, 3.63) is 16.6 Å². The Morgan fingerprint density at radius 3 is 2.30 bits per heavy atom. The molecule has 9 heteroatoms. The second-order valence-corrected chi connectivity index (χ2v) is 8.15. The predicted molar refractivity (Wildman–Crippen MR) is 93.2 cm³/mol. The fraction of sp³-hybridized carbons (Fsp3) is 0.571. The van der Waals surface area contributed by atoms with E-state index in [-0.39, 0.29) is 17.3 Å². The van der Waals surface area contributed by atoms with Crippen LogP contribution in [0.25, 0.3) is 0 Å². The van der Waals surface area contributed by atoms with Crippen molar-refractivity contribution in [2.24, 2.45) is 0 Å². The summed E-state index contributed by atoms with van der Waals surface area (Å²) in [6.45, 7) is 1.95. The third-order valence-corrected chi connectivity index (χ3v) is 6.93. The van der Waals surface area contributed by atoms with Gasteiger partial charge in [-0.25, -0.2) is 8.42 Å². The van der Waals surface area contributed by atoms with Gasteiger partial charge in [-0.15, -0.1) is 12.4 Å². The van der Waals surface area contributed by atoms with Gasteiger partial charge < -0.3 is 14.8 Å². The number of nitrogens with zero attached hydrogens (tertiary/aromatic N) is 1. The van der Waals surface area contributed by atoms with Gasteiger partial charge in [-0.05, 0) is 41.9 Å². The molecule has 0 aromatic heterocycles. The van der Waals surface area contributed by atoms with Crippen molar-refractivity contribution in [2.45, 2.75) is 23.8 Å². The number of rotatable bonds is 3. The molecule has 0 amide bonds. The van der Waals surface area contributed by atoms with E-state index in [0.29, 0.717) is 48.3 Å². The minimum Gasteiger partial charge on any atom is -0.486 e. The molecule has 0 bridgehead atoms. The number of halogens is 2. The third-order valence-electron chi connectivity index (χ3n) is 4.08. The van der Waals surface area contributed by atoms with Crippen molar-refractivity contribution in [1.82, 2.24) is 9.62 Å². The average Bonchev–Trinajstić information content (AvgIpc) is 2.54. The number of fused-ring (bicyclic) bond motifs is 1. The van der Waals surface area contributed by atoms with Crippen molar-refractivity contribution in [3.8, 4) is 11.5 Å². The van der Waals surface area contributed by atoms with Gasteiger partial charge in [-0.3, -0.25) is 0 Å². The minimum atomic E-state index is -3.53. The molecule has 1 aromatic rings. The molecular formula is C14H20BrClN2O4S. The van der Waals surface area contributed by atoms with Gasteiger partial charge in [0.2, 0.25) is 10.0 Å². The molecule has 2 aliphatic heterocycles. The Bertz CT molecular complexity index is 663. The van der Waals surface area contributed by atoms with Gasteiger partial charge in [0.15, 0.2) is 11.5 Å². The molecule has 0 radical (unpaired) electrons. The Morgan fingerprint density at radius 1 is 1.17 bits per heavy atom. The normalized spacial score (nSPS) is 19.2. The summed E-state index contributed by atoms with van der Waals surface area (Å²) in [4.78, 5) is 0.236. The zero-order valence-corrected chi connectivity index (χ0v) is 16.0. The Labute approximate surface area is 151 Å². The van der Waals surface area contributed by atoms with Crippen LogP contribution in [-0.4, -0.2) is 52.1 Å². The van der Waals surface area contributed by atoms with Crippen molar-refractivity contribution in [1.29, 1.82) is 0 Å². The maximum absolute atomic E-state index is 12.9. The van der Waals surface area contributed by atoms with Gasteiger partial charge in [0.25, 0.3) is 0 Å². The predicted octanol–water partition coefficient (Wildman–Crippen LogP) is 2.01. The molecule has 1 aromatic carbocycles. The highest BCUT2D eigenvalue weighted by atomic mass is 79.9. The van der Waals surface area contributed by atoms with Crippen LogP contribution in [0, 0.1) is 0 Å². The van der Waals surface area contributed by atoms with Crippen LogP contribution in [0.2, 0.25) is 0 Å². The highest BCUT2D eigenvalue weighted by Gasteiger charge is 2.31. The fourth-order valence-corrected chi connectivity index (χ4v) is 5.23. The molecule has 0 unspecified atom stereocenters. The van der Waals surface area contributed by atoms with Crippen LogP contribution in [0.5, 0.6) is 11.5 Å². The molecule has 1 N–H and O–H groups in total. The Balaban J connectivity index is 0.00000192. The molecule has 3 rings (SSSR count). The van der Waals surface area contributed by atoms with Gasteiger partial charge in [0.05, 0.1) is 0 Å². The van der Waals surface area contributed by atoms with E-state index >= 15 is 0 Å². The molecule has 2 heterocycles. The van der Waals surface area contributed by atoms with Crippen LogP contribution in [0.1, 0.15) is 12.8 Å². The smallest absolute Gasteiger partial charge is 0.244 e. The number of hydrogen-bond donors (Lipinski definition) is 1. The van der Waals surface area contributed by atoms with Crippen molar-refractivity contribution in [3.63, 3.8) is 0 Å². The monoisotopic (exact) mass is 426 g/mol. The number of benzene rings is 1. The molecule has 0 spiro atoms. The average molecular weight is 428 g/mol. The van der Waals surface area contributed by atoms with Crippen molar-refractivity contribution >= 4 is 38.4 Å². The first-order valence-corrected chi connectivity index (χ1v) is 9.52. The lowest BCUT2D eigenvalue weighted by molar-refractivity contribution is 0.171. The van der Waals surface area contributed by atoms with E-state index in [1.54, 1.807) is 12.1 Å². The number of sulfonamides is 1. The molecule has 6 nitrogen and oxygen atoms in total. The van der Waals surface area contributed by atoms with E-state index in [1.165, 1.54) is 4.31 Å². The van der Waals surface area contributed by atoms with E-state index in [4.69, 9.17) is 9.47 Å². The zero-order valence-electron chi connectivity index (χ0n) is 12.7. The summed E-state index contributed by atoms with van der Waals surface area (Å²) in [6, 6.07) is 3.61. The van der Waals surface area contributed by atoms with Gasteiger partial charge in [0, 0.05) is 29.7 Å². The minimum absolute atomic E-state index is 0. The maximum atomic E-state index is 12.9. The maximum Gasteiger partial charge on any atom is 0.244 e. The summed E-state index contributed by atoms with van der Waals surface area (Å²) in [7, 11) is -1.63.